The SMILES string of the molecule is COc1ccc(C(C)C)cc1-c1onc(C)c1C=O. The van der Waals surface area contributed by atoms with E-state index < -0.39 is 0 Å². The second kappa shape index (κ2) is 5.26. The number of hydrogen-bond acceptors (Lipinski definition) is 4. The Labute approximate surface area is 112 Å². The summed E-state index contributed by atoms with van der Waals surface area (Å²) in [6.45, 7) is 5.96. The number of aldehydes is 1. The molecule has 0 spiro atoms. The number of ether oxygens (including phenoxy) is 1. The molecule has 0 aliphatic rings. The van der Waals surface area contributed by atoms with Gasteiger partial charge < -0.3 is 9.26 Å². The Morgan fingerprint density at radius 3 is 2.68 bits per heavy atom. The van der Waals surface area contributed by atoms with Crippen LogP contribution in [0, 0.1) is 6.92 Å². The van der Waals surface area contributed by atoms with Gasteiger partial charge in [0.1, 0.15) is 5.75 Å². The first kappa shape index (κ1) is 13.3. The van der Waals surface area contributed by atoms with E-state index in [0.29, 0.717) is 28.7 Å². The van der Waals surface area contributed by atoms with Gasteiger partial charge in [0.05, 0.1) is 23.9 Å². The lowest BCUT2D eigenvalue weighted by atomic mass is 9.98. The van der Waals surface area contributed by atoms with Crippen molar-refractivity contribution in [2.24, 2.45) is 0 Å². The fraction of sp³-hybridized carbons (Fsp3) is 0.333. The highest BCUT2D eigenvalue weighted by Crippen LogP contribution is 2.35. The van der Waals surface area contributed by atoms with Gasteiger partial charge in [-0.2, -0.15) is 0 Å². The van der Waals surface area contributed by atoms with Gasteiger partial charge in [0.25, 0.3) is 0 Å². The summed E-state index contributed by atoms with van der Waals surface area (Å²) in [7, 11) is 1.59. The van der Waals surface area contributed by atoms with E-state index in [4.69, 9.17) is 9.26 Å². The lowest BCUT2D eigenvalue weighted by Crippen LogP contribution is -1.94. The van der Waals surface area contributed by atoms with Crippen LogP contribution in [-0.2, 0) is 0 Å². The number of hydrogen-bond donors (Lipinski definition) is 0. The van der Waals surface area contributed by atoms with E-state index >= 15 is 0 Å². The minimum atomic E-state index is 0.383. The van der Waals surface area contributed by atoms with Gasteiger partial charge in [-0.15, -0.1) is 0 Å². The average Bonchev–Trinajstić information content (AvgIpc) is 2.78. The summed E-state index contributed by atoms with van der Waals surface area (Å²) in [5.41, 5.74) is 2.97. The highest BCUT2D eigenvalue weighted by atomic mass is 16.5. The predicted molar refractivity (Wildman–Crippen MR) is 72.7 cm³/mol. The molecule has 0 atom stereocenters. The van der Waals surface area contributed by atoms with Crippen LogP contribution in [0.4, 0.5) is 0 Å². The van der Waals surface area contributed by atoms with E-state index in [-0.39, 0.29) is 0 Å². The third kappa shape index (κ3) is 2.38. The molecule has 1 aromatic carbocycles. The summed E-state index contributed by atoms with van der Waals surface area (Å²) in [5.74, 6) is 1.52. The molecule has 0 bridgehead atoms. The Balaban J connectivity index is 2.64. The first-order valence-corrected chi connectivity index (χ1v) is 6.18. The second-order valence-corrected chi connectivity index (χ2v) is 4.74. The lowest BCUT2D eigenvalue weighted by Gasteiger charge is -2.11. The number of rotatable bonds is 4. The average molecular weight is 259 g/mol. The van der Waals surface area contributed by atoms with Crippen LogP contribution >= 0.6 is 0 Å². The highest BCUT2D eigenvalue weighted by molar-refractivity contribution is 5.87. The van der Waals surface area contributed by atoms with Crippen molar-refractivity contribution in [3.63, 3.8) is 0 Å². The van der Waals surface area contributed by atoms with Crippen LogP contribution in [0.5, 0.6) is 5.75 Å². The van der Waals surface area contributed by atoms with Gasteiger partial charge in [0, 0.05) is 0 Å². The molecule has 1 aromatic heterocycles. The van der Waals surface area contributed by atoms with Crippen molar-refractivity contribution < 1.29 is 14.1 Å². The Morgan fingerprint density at radius 2 is 2.11 bits per heavy atom. The van der Waals surface area contributed by atoms with Crippen molar-refractivity contribution in [1.82, 2.24) is 5.16 Å². The molecule has 0 fully saturated rings. The zero-order valence-corrected chi connectivity index (χ0v) is 11.6. The molecule has 2 rings (SSSR count). The first-order valence-electron chi connectivity index (χ1n) is 6.18. The van der Waals surface area contributed by atoms with Crippen LogP contribution in [0.1, 0.15) is 41.4 Å². The molecule has 0 unspecified atom stereocenters. The number of nitrogens with zero attached hydrogens (tertiary/aromatic N) is 1. The van der Waals surface area contributed by atoms with Crippen LogP contribution in [0.25, 0.3) is 11.3 Å². The topological polar surface area (TPSA) is 52.3 Å². The maximum Gasteiger partial charge on any atom is 0.181 e. The van der Waals surface area contributed by atoms with Crippen molar-refractivity contribution >= 4 is 6.29 Å². The zero-order chi connectivity index (χ0) is 14.0. The molecule has 0 aliphatic heterocycles. The molecule has 0 saturated heterocycles. The molecular weight excluding hydrogens is 242 g/mol. The number of carbonyl (C=O) groups excluding carboxylic acids is 1. The Bertz CT molecular complexity index is 599. The Hall–Kier alpha value is -2.10. The van der Waals surface area contributed by atoms with Crippen molar-refractivity contribution in [3.8, 4) is 17.1 Å². The maximum absolute atomic E-state index is 11.2. The summed E-state index contributed by atoms with van der Waals surface area (Å²) >= 11 is 0. The van der Waals surface area contributed by atoms with E-state index in [1.807, 2.05) is 18.2 Å². The summed E-state index contributed by atoms with van der Waals surface area (Å²) in [4.78, 5) is 11.2. The van der Waals surface area contributed by atoms with Crippen molar-refractivity contribution in [1.29, 1.82) is 0 Å². The summed E-state index contributed by atoms with van der Waals surface area (Å²) in [6, 6.07) is 5.88. The molecule has 2 aromatic rings. The minimum absolute atomic E-state index is 0.383. The van der Waals surface area contributed by atoms with E-state index in [1.165, 1.54) is 0 Å². The van der Waals surface area contributed by atoms with E-state index in [1.54, 1.807) is 14.0 Å². The minimum Gasteiger partial charge on any atom is -0.496 e. The van der Waals surface area contributed by atoms with Crippen LogP contribution < -0.4 is 4.74 Å². The number of methoxy groups -OCH3 is 1. The maximum atomic E-state index is 11.2. The van der Waals surface area contributed by atoms with Crippen molar-refractivity contribution in [3.05, 3.63) is 35.0 Å². The summed E-state index contributed by atoms with van der Waals surface area (Å²) < 4.78 is 10.6. The smallest absolute Gasteiger partial charge is 0.181 e. The molecule has 4 nitrogen and oxygen atoms in total. The van der Waals surface area contributed by atoms with E-state index in [9.17, 15) is 4.79 Å². The van der Waals surface area contributed by atoms with Crippen LogP contribution in [0.2, 0.25) is 0 Å². The molecular formula is C15H17NO3. The van der Waals surface area contributed by atoms with Gasteiger partial charge in [0.2, 0.25) is 0 Å². The standard InChI is InChI=1S/C15H17NO3/c1-9(2)11-5-6-14(18-4)12(7-11)15-13(8-17)10(3)16-19-15/h5-9H,1-4H3. The van der Waals surface area contributed by atoms with Gasteiger partial charge in [0.15, 0.2) is 12.0 Å². The third-order valence-electron chi connectivity index (χ3n) is 3.16. The van der Waals surface area contributed by atoms with Gasteiger partial charge in [-0.25, -0.2) is 0 Å². The zero-order valence-electron chi connectivity index (χ0n) is 11.6. The first-order chi connectivity index (χ1) is 9.08. The van der Waals surface area contributed by atoms with Crippen LogP contribution in [0.15, 0.2) is 22.7 Å². The molecule has 19 heavy (non-hydrogen) atoms. The Morgan fingerprint density at radius 1 is 1.37 bits per heavy atom. The largest absolute Gasteiger partial charge is 0.496 e. The second-order valence-electron chi connectivity index (χ2n) is 4.74. The summed E-state index contributed by atoms with van der Waals surface area (Å²) in [6.07, 6.45) is 0.767. The number of aryl methyl sites for hydroxylation is 1. The quantitative estimate of drug-likeness (QED) is 0.787. The molecule has 1 heterocycles. The third-order valence-corrected chi connectivity index (χ3v) is 3.16. The summed E-state index contributed by atoms with van der Waals surface area (Å²) in [5, 5.41) is 3.85. The molecule has 0 amide bonds. The Kier molecular flexibility index (Phi) is 3.69. The molecule has 4 heteroatoms. The van der Waals surface area contributed by atoms with Crippen LogP contribution in [0.3, 0.4) is 0 Å². The predicted octanol–water partition coefficient (Wildman–Crippen LogP) is 3.59. The molecule has 0 saturated carbocycles. The lowest BCUT2D eigenvalue weighted by molar-refractivity contribution is 0.112. The number of aromatic nitrogens is 1. The van der Waals surface area contributed by atoms with Crippen molar-refractivity contribution in [2.45, 2.75) is 26.7 Å². The molecule has 0 radical (unpaired) electrons. The normalized spacial score (nSPS) is 10.8. The number of carbonyl (C=O) groups is 1. The molecule has 0 N–H and O–H groups in total. The van der Waals surface area contributed by atoms with Gasteiger partial charge in [-0.1, -0.05) is 25.1 Å². The van der Waals surface area contributed by atoms with Gasteiger partial charge in [-0.05, 0) is 30.5 Å². The van der Waals surface area contributed by atoms with Gasteiger partial charge >= 0.3 is 0 Å². The van der Waals surface area contributed by atoms with E-state index in [2.05, 4.69) is 19.0 Å². The van der Waals surface area contributed by atoms with Crippen molar-refractivity contribution in [2.75, 3.05) is 7.11 Å². The fourth-order valence-electron chi connectivity index (χ4n) is 1.97. The number of benzene rings is 1. The molecule has 100 valence electrons. The van der Waals surface area contributed by atoms with Gasteiger partial charge in [-0.3, -0.25) is 4.79 Å². The monoisotopic (exact) mass is 259 g/mol. The molecule has 0 aliphatic carbocycles. The van der Waals surface area contributed by atoms with Crippen LogP contribution in [-0.4, -0.2) is 18.6 Å². The highest BCUT2D eigenvalue weighted by Gasteiger charge is 2.19. The van der Waals surface area contributed by atoms with E-state index in [0.717, 1.165) is 17.4 Å². The fourth-order valence-corrected chi connectivity index (χ4v) is 1.97.